The number of nitrogens with zero attached hydrogens (tertiary/aromatic N) is 1. The molecule has 0 aliphatic carbocycles. The van der Waals surface area contributed by atoms with Gasteiger partial charge in [0.2, 0.25) is 5.91 Å². The first-order valence-electron chi connectivity index (χ1n) is 8.54. The van der Waals surface area contributed by atoms with Crippen LogP contribution in [0, 0.1) is 5.92 Å². The molecule has 0 atom stereocenters. The second-order valence-corrected chi connectivity index (χ2v) is 5.62. The molecule has 0 fully saturated rings. The molecule has 0 saturated heterocycles. The average molecular weight is 334 g/mol. The lowest BCUT2D eigenvalue weighted by Crippen LogP contribution is -2.41. The highest BCUT2D eigenvalue weighted by Gasteiger charge is 2.04. The van der Waals surface area contributed by atoms with Crippen LogP contribution in [0.2, 0.25) is 0 Å². The van der Waals surface area contributed by atoms with Crippen molar-refractivity contribution in [3.8, 4) is 5.75 Å². The van der Waals surface area contributed by atoms with E-state index in [0.29, 0.717) is 19.1 Å². The molecule has 6 nitrogen and oxygen atoms in total. The van der Waals surface area contributed by atoms with Crippen LogP contribution < -0.4 is 20.7 Å². The van der Waals surface area contributed by atoms with Gasteiger partial charge in [0, 0.05) is 32.3 Å². The minimum Gasteiger partial charge on any atom is -0.492 e. The molecule has 134 valence electrons. The van der Waals surface area contributed by atoms with Crippen molar-refractivity contribution >= 4 is 17.6 Å². The van der Waals surface area contributed by atoms with Crippen LogP contribution >= 0.6 is 0 Å². The van der Waals surface area contributed by atoms with Crippen LogP contribution in [0.4, 0.5) is 5.69 Å². The zero-order valence-electron chi connectivity index (χ0n) is 15.2. The molecule has 1 amide bonds. The Morgan fingerprint density at radius 3 is 2.62 bits per heavy atom. The van der Waals surface area contributed by atoms with Crippen molar-refractivity contribution in [3.63, 3.8) is 0 Å². The highest BCUT2D eigenvalue weighted by molar-refractivity contribution is 5.88. The van der Waals surface area contributed by atoms with E-state index in [1.807, 2.05) is 24.3 Å². The second kappa shape index (κ2) is 11.3. The number of benzene rings is 1. The van der Waals surface area contributed by atoms with E-state index < -0.39 is 0 Å². The summed E-state index contributed by atoms with van der Waals surface area (Å²) < 4.78 is 5.69. The Morgan fingerprint density at radius 1 is 1.25 bits per heavy atom. The highest BCUT2D eigenvalue weighted by atomic mass is 16.5. The third kappa shape index (κ3) is 7.85. The van der Waals surface area contributed by atoms with Crippen LogP contribution in [0.5, 0.6) is 5.75 Å². The minimum absolute atomic E-state index is 0.0962. The van der Waals surface area contributed by atoms with E-state index in [2.05, 4.69) is 34.8 Å². The molecule has 24 heavy (non-hydrogen) atoms. The van der Waals surface area contributed by atoms with Crippen molar-refractivity contribution in [1.29, 1.82) is 0 Å². The largest absolute Gasteiger partial charge is 0.492 e. The van der Waals surface area contributed by atoms with Gasteiger partial charge in [0.05, 0.1) is 6.54 Å². The van der Waals surface area contributed by atoms with E-state index in [4.69, 9.17) is 4.74 Å². The summed E-state index contributed by atoms with van der Waals surface area (Å²) >= 11 is 0. The monoisotopic (exact) mass is 334 g/mol. The Morgan fingerprint density at radius 2 is 2.00 bits per heavy atom. The van der Waals surface area contributed by atoms with Crippen LogP contribution in [0.3, 0.4) is 0 Å². The van der Waals surface area contributed by atoms with Crippen molar-refractivity contribution in [3.05, 3.63) is 24.3 Å². The summed E-state index contributed by atoms with van der Waals surface area (Å²) in [5, 5.41) is 9.31. The van der Waals surface area contributed by atoms with Gasteiger partial charge >= 0.3 is 0 Å². The molecule has 0 aliphatic rings. The highest BCUT2D eigenvalue weighted by Crippen LogP contribution is 2.16. The first-order chi connectivity index (χ1) is 11.6. The number of ether oxygens (including phenoxy) is 1. The van der Waals surface area contributed by atoms with E-state index in [0.717, 1.165) is 36.8 Å². The summed E-state index contributed by atoms with van der Waals surface area (Å²) in [4.78, 5) is 15.3. The maximum absolute atomic E-state index is 11.1. The zero-order valence-corrected chi connectivity index (χ0v) is 15.2. The molecule has 0 saturated carbocycles. The number of hydrogen-bond donors (Lipinski definition) is 3. The third-order valence-electron chi connectivity index (χ3n) is 3.75. The van der Waals surface area contributed by atoms with Gasteiger partial charge in [-0.2, -0.15) is 0 Å². The fourth-order valence-electron chi connectivity index (χ4n) is 2.24. The van der Waals surface area contributed by atoms with Crippen molar-refractivity contribution < 1.29 is 9.53 Å². The number of carbonyl (C=O) groups excluding carboxylic acids is 1. The molecule has 6 heteroatoms. The normalized spacial score (nSPS) is 11.3. The standard InChI is InChI=1S/C18H30N4O2/c1-5-15(6-2)13-21-18(19-4)20-10-11-24-17-9-7-8-16(12-17)22-14(3)23/h7-9,12,15H,5-6,10-11,13H2,1-4H3,(H,22,23)(H2,19,20,21). The van der Waals surface area contributed by atoms with E-state index in [1.54, 1.807) is 7.05 Å². The first-order valence-corrected chi connectivity index (χ1v) is 8.54. The first kappa shape index (κ1) is 19.8. The summed E-state index contributed by atoms with van der Waals surface area (Å²) in [6, 6.07) is 7.35. The molecule has 0 heterocycles. The topological polar surface area (TPSA) is 74.8 Å². The quantitative estimate of drug-likeness (QED) is 0.369. The van der Waals surface area contributed by atoms with Gasteiger partial charge in [0.15, 0.2) is 5.96 Å². The third-order valence-corrected chi connectivity index (χ3v) is 3.75. The van der Waals surface area contributed by atoms with Gasteiger partial charge in [-0.1, -0.05) is 32.8 Å². The molecule has 3 N–H and O–H groups in total. The Labute approximate surface area is 145 Å². The van der Waals surface area contributed by atoms with Crippen LogP contribution in [0.1, 0.15) is 33.6 Å². The van der Waals surface area contributed by atoms with Crippen LogP contribution in [0.15, 0.2) is 29.3 Å². The average Bonchev–Trinajstić information content (AvgIpc) is 2.57. The Balaban J connectivity index is 2.32. The number of nitrogens with one attached hydrogen (secondary N) is 3. The smallest absolute Gasteiger partial charge is 0.221 e. The molecule has 0 unspecified atom stereocenters. The van der Waals surface area contributed by atoms with Crippen LogP contribution in [0.25, 0.3) is 0 Å². The van der Waals surface area contributed by atoms with Gasteiger partial charge < -0.3 is 20.7 Å². The molecular formula is C18H30N4O2. The molecule has 1 aromatic carbocycles. The Bertz CT molecular complexity index is 528. The zero-order chi connectivity index (χ0) is 17.8. The Kier molecular flexibility index (Phi) is 9.34. The number of hydrogen-bond acceptors (Lipinski definition) is 3. The fraction of sp³-hybridized carbons (Fsp3) is 0.556. The number of amides is 1. The van der Waals surface area contributed by atoms with E-state index >= 15 is 0 Å². The van der Waals surface area contributed by atoms with Crippen LogP contribution in [-0.2, 0) is 4.79 Å². The summed E-state index contributed by atoms with van der Waals surface area (Å²) in [5.74, 6) is 2.08. The molecular weight excluding hydrogens is 304 g/mol. The number of rotatable bonds is 9. The van der Waals surface area contributed by atoms with Gasteiger partial charge in [0.1, 0.15) is 12.4 Å². The minimum atomic E-state index is -0.0962. The van der Waals surface area contributed by atoms with Crippen molar-refractivity contribution in [2.75, 3.05) is 32.1 Å². The van der Waals surface area contributed by atoms with E-state index in [-0.39, 0.29) is 5.91 Å². The van der Waals surface area contributed by atoms with E-state index in [1.165, 1.54) is 6.92 Å². The number of carbonyl (C=O) groups is 1. The lowest BCUT2D eigenvalue weighted by Gasteiger charge is -2.17. The van der Waals surface area contributed by atoms with Gasteiger partial charge in [-0.05, 0) is 18.1 Å². The molecule has 0 aromatic heterocycles. The lowest BCUT2D eigenvalue weighted by molar-refractivity contribution is -0.114. The molecule has 1 rings (SSSR count). The molecule has 0 bridgehead atoms. The molecule has 0 radical (unpaired) electrons. The number of anilines is 1. The summed E-state index contributed by atoms with van der Waals surface area (Å²) in [5.41, 5.74) is 0.732. The van der Waals surface area contributed by atoms with E-state index in [9.17, 15) is 4.79 Å². The van der Waals surface area contributed by atoms with Crippen LogP contribution in [-0.4, -0.2) is 38.6 Å². The molecule has 0 spiro atoms. The summed E-state index contributed by atoms with van der Waals surface area (Å²) in [6.45, 7) is 7.97. The van der Waals surface area contributed by atoms with Gasteiger partial charge in [-0.15, -0.1) is 0 Å². The fourth-order valence-corrected chi connectivity index (χ4v) is 2.24. The molecule has 0 aliphatic heterocycles. The number of aliphatic imine (C=N–C) groups is 1. The van der Waals surface area contributed by atoms with Gasteiger partial charge in [-0.3, -0.25) is 9.79 Å². The SMILES string of the molecule is CCC(CC)CNC(=NC)NCCOc1cccc(NC(C)=O)c1. The predicted molar refractivity (Wildman–Crippen MR) is 99.7 cm³/mol. The maximum atomic E-state index is 11.1. The van der Waals surface area contributed by atoms with Crippen molar-refractivity contribution in [2.45, 2.75) is 33.6 Å². The Hall–Kier alpha value is -2.24. The lowest BCUT2D eigenvalue weighted by atomic mass is 10.0. The summed E-state index contributed by atoms with van der Waals surface area (Å²) in [7, 11) is 1.76. The van der Waals surface area contributed by atoms with Crippen molar-refractivity contribution in [2.24, 2.45) is 10.9 Å². The van der Waals surface area contributed by atoms with Gasteiger partial charge in [0.25, 0.3) is 0 Å². The maximum Gasteiger partial charge on any atom is 0.221 e. The predicted octanol–water partition coefficient (Wildman–Crippen LogP) is 2.62. The van der Waals surface area contributed by atoms with Gasteiger partial charge in [-0.25, -0.2) is 0 Å². The summed E-state index contributed by atoms with van der Waals surface area (Å²) in [6.07, 6.45) is 2.32. The number of guanidine groups is 1. The second-order valence-electron chi connectivity index (χ2n) is 5.62. The van der Waals surface area contributed by atoms with Crippen molar-refractivity contribution in [1.82, 2.24) is 10.6 Å². The molecule has 1 aromatic rings.